The van der Waals surface area contributed by atoms with Gasteiger partial charge in [0.2, 0.25) is 5.91 Å². The third-order valence-electron chi connectivity index (χ3n) is 2.16. The van der Waals surface area contributed by atoms with Crippen molar-refractivity contribution in [2.45, 2.75) is 52.2 Å². The van der Waals surface area contributed by atoms with E-state index >= 15 is 0 Å². The molecule has 0 aromatic carbocycles. The Kier molecular flexibility index (Phi) is 6.52. The molecule has 0 aromatic heterocycles. The Morgan fingerprint density at radius 1 is 1.47 bits per heavy atom. The van der Waals surface area contributed by atoms with Gasteiger partial charge in [-0.1, -0.05) is 13.3 Å². The SMILES string of the molecule is CCCC(N)C(=O)NCC(C)(C)OCC. The van der Waals surface area contributed by atoms with Crippen LogP contribution < -0.4 is 11.1 Å². The van der Waals surface area contributed by atoms with Gasteiger partial charge in [0.05, 0.1) is 11.6 Å². The van der Waals surface area contributed by atoms with Gasteiger partial charge in [-0.3, -0.25) is 4.79 Å². The first-order valence-corrected chi connectivity index (χ1v) is 5.60. The van der Waals surface area contributed by atoms with Crippen molar-refractivity contribution in [2.75, 3.05) is 13.2 Å². The normalized spacial score (nSPS) is 13.7. The van der Waals surface area contributed by atoms with Crippen molar-refractivity contribution < 1.29 is 9.53 Å². The van der Waals surface area contributed by atoms with Gasteiger partial charge in [0, 0.05) is 13.2 Å². The van der Waals surface area contributed by atoms with Gasteiger partial charge in [-0.2, -0.15) is 0 Å². The van der Waals surface area contributed by atoms with Crippen molar-refractivity contribution in [1.29, 1.82) is 0 Å². The second-order valence-corrected chi connectivity index (χ2v) is 4.31. The standard InChI is InChI=1S/C11H24N2O2/c1-5-7-9(12)10(14)13-8-11(3,4)15-6-2/h9H,5-8,12H2,1-4H3,(H,13,14). The van der Waals surface area contributed by atoms with E-state index in [2.05, 4.69) is 5.32 Å². The molecule has 15 heavy (non-hydrogen) atoms. The van der Waals surface area contributed by atoms with E-state index in [9.17, 15) is 4.79 Å². The van der Waals surface area contributed by atoms with Crippen molar-refractivity contribution in [1.82, 2.24) is 5.32 Å². The quantitative estimate of drug-likeness (QED) is 0.668. The molecular weight excluding hydrogens is 192 g/mol. The molecule has 0 aliphatic heterocycles. The molecule has 0 aliphatic rings. The monoisotopic (exact) mass is 216 g/mol. The van der Waals surface area contributed by atoms with Gasteiger partial charge in [0.25, 0.3) is 0 Å². The lowest BCUT2D eigenvalue weighted by molar-refractivity contribution is -0.124. The first kappa shape index (κ1) is 14.4. The fourth-order valence-corrected chi connectivity index (χ4v) is 1.31. The summed E-state index contributed by atoms with van der Waals surface area (Å²) >= 11 is 0. The second-order valence-electron chi connectivity index (χ2n) is 4.31. The Morgan fingerprint density at radius 2 is 2.07 bits per heavy atom. The highest BCUT2D eigenvalue weighted by atomic mass is 16.5. The molecule has 1 atom stereocenters. The van der Waals surface area contributed by atoms with Crippen LogP contribution in [-0.2, 0) is 9.53 Å². The minimum absolute atomic E-state index is 0.0929. The molecule has 0 fully saturated rings. The molecule has 1 unspecified atom stereocenters. The fraction of sp³-hybridized carbons (Fsp3) is 0.909. The third kappa shape index (κ3) is 6.47. The number of amides is 1. The zero-order chi connectivity index (χ0) is 11.9. The summed E-state index contributed by atoms with van der Waals surface area (Å²) in [7, 11) is 0. The Bertz CT molecular complexity index is 193. The third-order valence-corrected chi connectivity index (χ3v) is 2.16. The van der Waals surface area contributed by atoms with Crippen LogP contribution in [0.2, 0.25) is 0 Å². The van der Waals surface area contributed by atoms with E-state index in [0.29, 0.717) is 13.2 Å². The van der Waals surface area contributed by atoms with Gasteiger partial charge in [-0.15, -0.1) is 0 Å². The number of hydrogen-bond acceptors (Lipinski definition) is 3. The molecule has 0 saturated carbocycles. The summed E-state index contributed by atoms with van der Waals surface area (Å²) in [5.41, 5.74) is 5.36. The zero-order valence-corrected chi connectivity index (χ0v) is 10.3. The number of nitrogens with one attached hydrogen (secondary N) is 1. The molecule has 0 radical (unpaired) electrons. The van der Waals surface area contributed by atoms with Crippen LogP contribution in [0.15, 0.2) is 0 Å². The number of hydrogen-bond donors (Lipinski definition) is 2. The number of rotatable bonds is 7. The largest absolute Gasteiger partial charge is 0.374 e. The van der Waals surface area contributed by atoms with E-state index < -0.39 is 6.04 Å². The summed E-state index contributed by atoms with van der Waals surface area (Å²) in [6.07, 6.45) is 1.64. The minimum atomic E-state index is -0.396. The topological polar surface area (TPSA) is 64.4 Å². The van der Waals surface area contributed by atoms with Crippen LogP contribution in [0.1, 0.15) is 40.5 Å². The van der Waals surface area contributed by atoms with Gasteiger partial charge in [0.15, 0.2) is 0 Å². The van der Waals surface area contributed by atoms with Crippen LogP contribution in [-0.4, -0.2) is 30.7 Å². The Morgan fingerprint density at radius 3 is 2.53 bits per heavy atom. The molecule has 4 nitrogen and oxygen atoms in total. The Balaban J connectivity index is 3.88. The number of nitrogens with two attached hydrogens (primary N) is 1. The van der Waals surface area contributed by atoms with E-state index in [-0.39, 0.29) is 11.5 Å². The fourth-order valence-electron chi connectivity index (χ4n) is 1.31. The predicted octanol–water partition coefficient (Wildman–Crippen LogP) is 1.05. The van der Waals surface area contributed by atoms with Crippen molar-refractivity contribution >= 4 is 5.91 Å². The van der Waals surface area contributed by atoms with Crippen LogP contribution in [0, 0.1) is 0 Å². The van der Waals surface area contributed by atoms with Gasteiger partial charge in [-0.05, 0) is 27.2 Å². The van der Waals surface area contributed by atoms with Crippen molar-refractivity contribution in [3.05, 3.63) is 0 Å². The highest BCUT2D eigenvalue weighted by molar-refractivity contribution is 5.81. The lowest BCUT2D eigenvalue weighted by Crippen LogP contribution is -2.46. The summed E-state index contributed by atoms with van der Waals surface area (Å²) in [6, 6.07) is -0.396. The second kappa shape index (κ2) is 6.80. The average Bonchev–Trinajstić information content (AvgIpc) is 2.14. The van der Waals surface area contributed by atoms with Crippen LogP contribution >= 0.6 is 0 Å². The van der Waals surface area contributed by atoms with E-state index in [1.165, 1.54) is 0 Å². The first-order chi connectivity index (χ1) is 6.93. The molecule has 0 saturated heterocycles. The average molecular weight is 216 g/mol. The zero-order valence-electron chi connectivity index (χ0n) is 10.3. The van der Waals surface area contributed by atoms with Crippen LogP contribution in [0.3, 0.4) is 0 Å². The molecule has 0 heterocycles. The molecule has 0 aliphatic carbocycles. The maximum Gasteiger partial charge on any atom is 0.237 e. The van der Waals surface area contributed by atoms with Gasteiger partial charge in [0.1, 0.15) is 0 Å². The molecule has 4 heteroatoms. The molecule has 0 rings (SSSR count). The molecule has 0 aromatic rings. The summed E-state index contributed by atoms with van der Waals surface area (Å²) in [5, 5.41) is 2.80. The molecule has 0 spiro atoms. The maximum atomic E-state index is 11.5. The lowest BCUT2D eigenvalue weighted by Gasteiger charge is -2.25. The maximum absolute atomic E-state index is 11.5. The molecule has 90 valence electrons. The number of carbonyl (C=O) groups excluding carboxylic acids is 1. The minimum Gasteiger partial charge on any atom is -0.374 e. The Labute approximate surface area is 92.6 Å². The van der Waals surface area contributed by atoms with E-state index in [1.807, 2.05) is 27.7 Å². The highest BCUT2D eigenvalue weighted by Crippen LogP contribution is 2.06. The summed E-state index contributed by atoms with van der Waals surface area (Å²) in [5.74, 6) is -0.0929. The molecule has 0 bridgehead atoms. The van der Waals surface area contributed by atoms with E-state index in [1.54, 1.807) is 0 Å². The summed E-state index contributed by atoms with van der Waals surface area (Å²) < 4.78 is 5.46. The highest BCUT2D eigenvalue weighted by Gasteiger charge is 2.20. The van der Waals surface area contributed by atoms with Gasteiger partial charge < -0.3 is 15.8 Å². The van der Waals surface area contributed by atoms with Crippen molar-refractivity contribution in [3.8, 4) is 0 Å². The van der Waals surface area contributed by atoms with Crippen LogP contribution in [0.5, 0.6) is 0 Å². The Hall–Kier alpha value is -0.610. The molecular formula is C11H24N2O2. The number of carbonyl (C=O) groups is 1. The van der Waals surface area contributed by atoms with Crippen molar-refractivity contribution in [2.24, 2.45) is 5.73 Å². The van der Waals surface area contributed by atoms with Crippen LogP contribution in [0.4, 0.5) is 0 Å². The summed E-state index contributed by atoms with van der Waals surface area (Å²) in [4.78, 5) is 11.5. The lowest BCUT2D eigenvalue weighted by atomic mass is 10.1. The van der Waals surface area contributed by atoms with Gasteiger partial charge >= 0.3 is 0 Å². The van der Waals surface area contributed by atoms with Crippen LogP contribution in [0.25, 0.3) is 0 Å². The smallest absolute Gasteiger partial charge is 0.237 e. The predicted molar refractivity (Wildman–Crippen MR) is 61.6 cm³/mol. The summed E-state index contributed by atoms with van der Waals surface area (Å²) in [6.45, 7) is 8.98. The van der Waals surface area contributed by atoms with Crippen molar-refractivity contribution in [3.63, 3.8) is 0 Å². The molecule has 1 amide bonds. The number of ether oxygens (including phenoxy) is 1. The van der Waals surface area contributed by atoms with E-state index in [4.69, 9.17) is 10.5 Å². The van der Waals surface area contributed by atoms with E-state index in [0.717, 1.165) is 12.8 Å². The molecule has 3 N–H and O–H groups in total. The first-order valence-electron chi connectivity index (χ1n) is 5.60. The van der Waals surface area contributed by atoms with Gasteiger partial charge in [-0.25, -0.2) is 0 Å².